The number of carbonyl (C=O) groups is 1. The van der Waals surface area contributed by atoms with Crippen LogP contribution in [0.2, 0.25) is 5.02 Å². The van der Waals surface area contributed by atoms with Crippen LogP contribution in [0.4, 0.5) is 11.4 Å². The molecule has 0 atom stereocenters. The van der Waals surface area contributed by atoms with E-state index in [2.05, 4.69) is 17.2 Å². The van der Waals surface area contributed by atoms with Gasteiger partial charge in [0.25, 0.3) is 0 Å². The minimum Gasteiger partial charge on any atom is -0.494 e. The van der Waals surface area contributed by atoms with Gasteiger partial charge in [0.05, 0.1) is 23.5 Å². The lowest BCUT2D eigenvalue weighted by Gasteiger charge is -2.07. The van der Waals surface area contributed by atoms with Crippen molar-refractivity contribution < 1.29 is 14.3 Å². The van der Waals surface area contributed by atoms with Gasteiger partial charge in [0.2, 0.25) is 0 Å². The predicted octanol–water partition coefficient (Wildman–Crippen LogP) is 9.60. The van der Waals surface area contributed by atoms with Gasteiger partial charge < -0.3 is 9.47 Å². The van der Waals surface area contributed by atoms with Gasteiger partial charge >= 0.3 is 5.97 Å². The van der Waals surface area contributed by atoms with Crippen molar-refractivity contribution in [2.24, 2.45) is 10.2 Å². The van der Waals surface area contributed by atoms with E-state index in [1.54, 1.807) is 48.5 Å². The van der Waals surface area contributed by atoms with Crippen molar-refractivity contribution in [1.82, 2.24) is 0 Å². The summed E-state index contributed by atoms with van der Waals surface area (Å²) in [7, 11) is 0. The summed E-state index contributed by atoms with van der Waals surface area (Å²) in [6.07, 6.45) is 4.62. The molecule has 0 radical (unpaired) electrons. The molecule has 0 aliphatic carbocycles. The number of halogens is 1. The quantitative estimate of drug-likeness (QED) is 0.0869. The molecule has 0 N–H and O–H groups in total. The van der Waals surface area contributed by atoms with Gasteiger partial charge in [-0.15, -0.1) is 0 Å². The van der Waals surface area contributed by atoms with Gasteiger partial charge in [-0.25, -0.2) is 4.79 Å². The third-order valence-electron chi connectivity index (χ3n) is 5.73. The highest BCUT2D eigenvalue weighted by Gasteiger charge is 2.09. The molecule has 5 nitrogen and oxygen atoms in total. The van der Waals surface area contributed by atoms with E-state index < -0.39 is 5.97 Å². The summed E-state index contributed by atoms with van der Waals surface area (Å²) >= 11 is 5.96. The van der Waals surface area contributed by atoms with E-state index in [1.165, 1.54) is 19.3 Å². The largest absolute Gasteiger partial charge is 0.494 e. The number of rotatable bonds is 11. The number of hydrogen-bond donors (Lipinski definition) is 0. The van der Waals surface area contributed by atoms with Crippen LogP contribution >= 0.6 is 11.6 Å². The van der Waals surface area contributed by atoms with E-state index in [9.17, 15) is 4.79 Å². The average Bonchev–Trinajstić information content (AvgIpc) is 2.94. The van der Waals surface area contributed by atoms with E-state index in [-0.39, 0.29) is 0 Å². The molecular weight excluding hydrogens is 484 g/mol. The summed E-state index contributed by atoms with van der Waals surface area (Å²) < 4.78 is 11.2. The summed E-state index contributed by atoms with van der Waals surface area (Å²) in [6, 6.07) is 29.4. The predicted molar refractivity (Wildman–Crippen MR) is 149 cm³/mol. The Hall–Kier alpha value is -3.96. The zero-order valence-electron chi connectivity index (χ0n) is 20.8. The Morgan fingerprint density at radius 3 is 1.81 bits per heavy atom. The third-order valence-corrected chi connectivity index (χ3v) is 5.98. The minimum atomic E-state index is -0.426. The summed E-state index contributed by atoms with van der Waals surface area (Å²) in [5.74, 6) is 0.763. The zero-order valence-corrected chi connectivity index (χ0v) is 21.5. The Morgan fingerprint density at radius 1 is 0.676 bits per heavy atom. The van der Waals surface area contributed by atoms with Gasteiger partial charge in [-0.1, -0.05) is 62.1 Å². The first-order valence-electron chi connectivity index (χ1n) is 12.4. The maximum atomic E-state index is 12.5. The number of esters is 1. The molecule has 0 saturated carbocycles. The maximum absolute atomic E-state index is 12.5. The highest BCUT2D eigenvalue weighted by atomic mass is 35.5. The Bertz CT molecular complexity index is 1300. The Labute approximate surface area is 222 Å². The molecule has 0 aliphatic heterocycles. The van der Waals surface area contributed by atoms with Gasteiger partial charge in [-0.05, 0) is 90.3 Å². The lowest BCUT2D eigenvalue weighted by atomic mass is 10.1. The summed E-state index contributed by atoms with van der Waals surface area (Å²) in [4.78, 5) is 12.5. The summed E-state index contributed by atoms with van der Waals surface area (Å²) in [5, 5.41) is 9.28. The number of unbranched alkanes of at least 4 members (excludes halogenated alkanes) is 3. The maximum Gasteiger partial charge on any atom is 0.343 e. The minimum absolute atomic E-state index is 0.426. The lowest BCUT2D eigenvalue weighted by molar-refractivity contribution is 0.0734. The molecule has 6 heteroatoms. The molecule has 0 heterocycles. The van der Waals surface area contributed by atoms with Crippen molar-refractivity contribution in [3.63, 3.8) is 0 Å². The average molecular weight is 513 g/mol. The fourth-order valence-electron chi connectivity index (χ4n) is 3.63. The van der Waals surface area contributed by atoms with Crippen LogP contribution in [0.25, 0.3) is 11.1 Å². The molecule has 0 unspecified atom stereocenters. The van der Waals surface area contributed by atoms with Crippen LogP contribution in [-0.2, 0) is 0 Å². The van der Waals surface area contributed by atoms with Crippen LogP contribution in [0, 0.1) is 0 Å². The van der Waals surface area contributed by atoms with Crippen molar-refractivity contribution in [3.8, 4) is 22.6 Å². The van der Waals surface area contributed by atoms with Crippen molar-refractivity contribution in [1.29, 1.82) is 0 Å². The third kappa shape index (κ3) is 8.02. The summed E-state index contributed by atoms with van der Waals surface area (Å²) in [5.41, 5.74) is 4.01. The zero-order chi connectivity index (χ0) is 25.9. The first kappa shape index (κ1) is 26.1. The SMILES string of the molecule is CCCCCCOc1ccc(C(=O)Oc2ccc(N=Nc3ccc(-c4ccc(Cl)cc4)cc3)cc2)cc1. The standard InChI is InChI=1S/C31H29ClN2O3/c1-2-3-4-5-22-36-29-18-10-25(11-19-29)31(35)37-30-20-16-28(17-21-30)34-33-27-14-8-24(9-15-27)23-6-12-26(32)13-7-23/h6-21H,2-5,22H2,1H3. The van der Waals surface area contributed by atoms with E-state index in [0.717, 1.165) is 29.0 Å². The molecule has 0 aromatic heterocycles. The van der Waals surface area contributed by atoms with Crippen molar-refractivity contribution >= 4 is 28.9 Å². The van der Waals surface area contributed by atoms with Crippen LogP contribution in [-0.4, -0.2) is 12.6 Å². The molecule has 4 aromatic carbocycles. The van der Waals surface area contributed by atoms with Crippen LogP contribution in [0.1, 0.15) is 43.0 Å². The van der Waals surface area contributed by atoms with Crippen LogP contribution in [0.5, 0.6) is 11.5 Å². The lowest BCUT2D eigenvalue weighted by Crippen LogP contribution is -2.08. The number of nitrogens with zero attached hydrogens (tertiary/aromatic N) is 2. The van der Waals surface area contributed by atoms with Gasteiger partial charge in [-0.2, -0.15) is 10.2 Å². The Kier molecular flexibility index (Phi) is 9.44. The second kappa shape index (κ2) is 13.4. The van der Waals surface area contributed by atoms with Crippen LogP contribution < -0.4 is 9.47 Å². The molecule has 188 valence electrons. The number of benzene rings is 4. The Balaban J connectivity index is 1.28. The molecule has 0 aliphatic rings. The monoisotopic (exact) mass is 512 g/mol. The second-order valence-electron chi connectivity index (χ2n) is 8.57. The highest BCUT2D eigenvalue weighted by molar-refractivity contribution is 6.30. The molecule has 0 saturated heterocycles. The normalized spacial score (nSPS) is 11.0. The van der Waals surface area contributed by atoms with Gasteiger partial charge in [0.1, 0.15) is 11.5 Å². The van der Waals surface area contributed by atoms with Crippen molar-refractivity contribution in [3.05, 3.63) is 108 Å². The summed E-state index contributed by atoms with van der Waals surface area (Å²) in [6.45, 7) is 2.87. The molecule has 4 rings (SSSR count). The van der Waals surface area contributed by atoms with Crippen LogP contribution in [0.15, 0.2) is 107 Å². The molecule has 0 fully saturated rings. The Morgan fingerprint density at radius 2 is 1.22 bits per heavy atom. The van der Waals surface area contributed by atoms with Crippen molar-refractivity contribution in [2.75, 3.05) is 6.61 Å². The van der Waals surface area contributed by atoms with Crippen molar-refractivity contribution in [2.45, 2.75) is 32.6 Å². The molecular formula is C31H29ClN2O3. The number of carbonyl (C=O) groups excluding carboxylic acids is 1. The van der Waals surface area contributed by atoms with E-state index in [0.29, 0.717) is 28.6 Å². The van der Waals surface area contributed by atoms with E-state index in [4.69, 9.17) is 21.1 Å². The first-order valence-corrected chi connectivity index (χ1v) is 12.8. The molecule has 0 amide bonds. The number of hydrogen-bond acceptors (Lipinski definition) is 5. The van der Waals surface area contributed by atoms with E-state index >= 15 is 0 Å². The second-order valence-corrected chi connectivity index (χ2v) is 9.01. The number of ether oxygens (including phenoxy) is 2. The topological polar surface area (TPSA) is 60.2 Å². The fraction of sp³-hybridized carbons (Fsp3) is 0.194. The number of azo groups is 1. The molecule has 0 spiro atoms. The highest BCUT2D eigenvalue weighted by Crippen LogP contribution is 2.26. The first-order chi connectivity index (χ1) is 18.1. The van der Waals surface area contributed by atoms with Crippen LogP contribution in [0.3, 0.4) is 0 Å². The fourth-order valence-corrected chi connectivity index (χ4v) is 3.76. The smallest absolute Gasteiger partial charge is 0.343 e. The van der Waals surface area contributed by atoms with Gasteiger partial charge in [-0.3, -0.25) is 0 Å². The van der Waals surface area contributed by atoms with Gasteiger partial charge in [0.15, 0.2) is 0 Å². The van der Waals surface area contributed by atoms with E-state index in [1.807, 2.05) is 48.5 Å². The molecule has 0 bridgehead atoms. The molecule has 4 aromatic rings. The van der Waals surface area contributed by atoms with Gasteiger partial charge in [0, 0.05) is 5.02 Å². The molecule has 37 heavy (non-hydrogen) atoms.